The average molecular weight is 337 g/mol. The van der Waals surface area contributed by atoms with Crippen LogP contribution in [0.3, 0.4) is 0 Å². The third-order valence-corrected chi connectivity index (χ3v) is 3.05. The van der Waals surface area contributed by atoms with E-state index in [4.69, 9.17) is 4.74 Å². The number of hydrogen-bond acceptors (Lipinski definition) is 4. The van der Waals surface area contributed by atoms with Gasteiger partial charge in [0, 0.05) is 13.2 Å². The number of hydrazone groups is 1. The molecule has 0 bridgehead atoms. The highest BCUT2D eigenvalue weighted by atomic mass is 79.9. The Kier molecular flexibility index (Phi) is 4.52. The molecule has 20 heavy (non-hydrogen) atoms. The second-order valence-electron chi connectivity index (χ2n) is 3.98. The van der Waals surface area contributed by atoms with Crippen LogP contribution in [-0.4, -0.2) is 29.0 Å². The number of aryl methyl sites for hydroxylation is 1. The number of aromatic nitrogens is 2. The van der Waals surface area contributed by atoms with Crippen LogP contribution in [-0.2, 0) is 7.05 Å². The molecule has 1 amide bonds. The fourth-order valence-electron chi connectivity index (χ4n) is 1.55. The fraction of sp³-hybridized carbons (Fsp3) is 0.154. The van der Waals surface area contributed by atoms with Gasteiger partial charge in [-0.05, 0) is 33.6 Å². The summed E-state index contributed by atoms with van der Waals surface area (Å²) in [6, 6.07) is 7.35. The molecule has 0 radical (unpaired) electrons. The van der Waals surface area contributed by atoms with Crippen LogP contribution in [0.25, 0.3) is 0 Å². The van der Waals surface area contributed by atoms with Crippen LogP contribution in [0.4, 0.5) is 0 Å². The highest BCUT2D eigenvalue weighted by Gasteiger charge is 2.13. The molecule has 0 atom stereocenters. The first-order chi connectivity index (χ1) is 9.60. The Labute approximate surface area is 124 Å². The molecule has 7 heteroatoms. The first-order valence-electron chi connectivity index (χ1n) is 5.77. The monoisotopic (exact) mass is 336 g/mol. The molecule has 0 aliphatic heterocycles. The summed E-state index contributed by atoms with van der Waals surface area (Å²) in [5, 5.41) is 7.92. The van der Waals surface area contributed by atoms with E-state index in [1.54, 1.807) is 25.0 Å². The molecule has 1 aromatic heterocycles. The molecule has 0 fully saturated rings. The highest BCUT2D eigenvalue weighted by molar-refractivity contribution is 9.10. The largest absolute Gasteiger partial charge is 0.497 e. The smallest absolute Gasteiger partial charge is 0.293 e. The summed E-state index contributed by atoms with van der Waals surface area (Å²) in [5.41, 5.74) is 3.53. The van der Waals surface area contributed by atoms with Crippen molar-refractivity contribution in [1.82, 2.24) is 15.2 Å². The highest BCUT2D eigenvalue weighted by Crippen LogP contribution is 2.14. The lowest BCUT2D eigenvalue weighted by molar-refractivity contribution is 0.0948. The second kappa shape index (κ2) is 6.33. The SMILES string of the molecule is COc1cccc(/C=N/NC(=O)c2nn(C)cc2Br)c1. The van der Waals surface area contributed by atoms with Gasteiger partial charge in [0.2, 0.25) is 0 Å². The first-order valence-corrected chi connectivity index (χ1v) is 6.56. The summed E-state index contributed by atoms with van der Waals surface area (Å²) < 4.78 is 7.27. The Morgan fingerprint density at radius 3 is 3.00 bits per heavy atom. The molecule has 2 aromatic rings. The van der Waals surface area contributed by atoms with E-state index in [1.165, 1.54) is 6.21 Å². The lowest BCUT2D eigenvalue weighted by atomic mass is 10.2. The predicted octanol–water partition coefficient (Wildman–Crippen LogP) is 1.96. The van der Waals surface area contributed by atoms with Gasteiger partial charge in [-0.25, -0.2) is 5.43 Å². The molecule has 1 N–H and O–H groups in total. The molecule has 0 spiro atoms. The molecule has 1 aromatic carbocycles. The molecular weight excluding hydrogens is 324 g/mol. The van der Waals surface area contributed by atoms with Crippen LogP contribution in [0.1, 0.15) is 16.1 Å². The third-order valence-electron chi connectivity index (χ3n) is 2.47. The number of methoxy groups -OCH3 is 1. The van der Waals surface area contributed by atoms with E-state index in [2.05, 4.69) is 31.6 Å². The van der Waals surface area contributed by atoms with Crippen LogP contribution < -0.4 is 10.2 Å². The summed E-state index contributed by atoms with van der Waals surface area (Å²) >= 11 is 3.26. The molecular formula is C13H13BrN4O2. The number of nitrogens with one attached hydrogen (secondary N) is 1. The minimum atomic E-state index is -0.378. The summed E-state index contributed by atoms with van der Waals surface area (Å²) in [6.07, 6.45) is 3.23. The molecule has 1 heterocycles. The van der Waals surface area contributed by atoms with Gasteiger partial charge in [0.05, 0.1) is 17.8 Å². The zero-order chi connectivity index (χ0) is 14.5. The van der Waals surface area contributed by atoms with Crippen LogP contribution >= 0.6 is 15.9 Å². The minimum Gasteiger partial charge on any atom is -0.497 e. The van der Waals surface area contributed by atoms with Gasteiger partial charge in [-0.1, -0.05) is 12.1 Å². The van der Waals surface area contributed by atoms with Crippen molar-refractivity contribution in [2.75, 3.05) is 7.11 Å². The molecule has 0 unspecified atom stereocenters. The normalized spacial score (nSPS) is 10.8. The van der Waals surface area contributed by atoms with Crippen molar-refractivity contribution in [3.05, 3.63) is 46.2 Å². The van der Waals surface area contributed by atoms with E-state index in [0.717, 1.165) is 11.3 Å². The zero-order valence-corrected chi connectivity index (χ0v) is 12.6. The number of benzene rings is 1. The van der Waals surface area contributed by atoms with Gasteiger partial charge in [-0.15, -0.1) is 0 Å². The number of nitrogens with zero attached hydrogens (tertiary/aromatic N) is 3. The Bertz CT molecular complexity index is 652. The Hall–Kier alpha value is -2.15. The third kappa shape index (κ3) is 3.45. The molecule has 0 saturated heterocycles. The van der Waals surface area contributed by atoms with Crippen LogP contribution in [0.2, 0.25) is 0 Å². The van der Waals surface area contributed by atoms with E-state index in [9.17, 15) is 4.79 Å². The molecule has 104 valence electrons. The molecule has 2 rings (SSSR count). The van der Waals surface area contributed by atoms with Gasteiger partial charge < -0.3 is 4.74 Å². The quantitative estimate of drug-likeness (QED) is 0.685. The number of amides is 1. The summed E-state index contributed by atoms with van der Waals surface area (Å²) in [5.74, 6) is 0.351. The maximum atomic E-state index is 11.8. The van der Waals surface area contributed by atoms with Gasteiger partial charge in [-0.3, -0.25) is 9.48 Å². The van der Waals surface area contributed by atoms with Crippen molar-refractivity contribution in [3.63, 3.8) is 0 Å². The van der Waals surface area contributed by atoms with Gasteiger partial charge >= 0.3 is 0 Å². The van der Waals surface area contributed by atoms with Crippen molar-refractivity contribution in [2.45, 2.75) is 0 Å². The van der Waals surface area contributed by atoms with E-state index in [0.29, 0.717) is 4.47 Å². The number of hydrogen-bond donors (Lipinski definition) is 1. The average Bonchev–Trinajstić information content (AvgIpc) is 2.78. The van der Waals surface area contributed by atoms with Crippen molar-refractivity contribution in [1.29, 1.82) is 0 Å². The zero-order valence-electron chi connectivity index (χ0n) is 11.0. The van der Waals surface area contributed by atoms with Crippen LogP contribution in [0.5, 0.6) is 5.75 Å². The lowest BCUT2D eigenvalue weighted by Gasteiger charge is -2.00. The van der Waals surface area contributed by atoms with Crippen molar-refractivity contribution in [3.8, 4) is 5.75 Å². The van der Waals surface area contributed by atoms with E-state index in [1.807, 2.05) is 24.3 Å². The maximum absolute atomic E-state index is 11.8. The van der Waals surface area contributed by atoms with Crippen LogP contribution in [0.15, 0.2) is 40.0 Å². The first kappa shape index (κ1) is 14.3. The second-order valence-corrected chi connectivity index (χ2v) is 4.83. The maximum Gasteiger partial charge on any atom is 0.293 e. The van der Waals surface area contributed by atoms with Gasteiger partial charge in [-0.2, -0.15) is 10.2 Å². The molecule has 0 aliphatic carbocycles. The Morgan fingerprint density at radius 1 is 1.55 bits per heavy atom. The Morgan fingerprint density at radius 2 is 2.35 bits per heavy atom. The van der Waals surface area contributed by atoms with Crippen molar-refractivity contribution >= 4 is 28.1 Å². The van der Waals surface area contributed by atoms with E-state index < -0.39 is 0 Å². The number of halogens is 1. The van der Waals surface area contributed by atoms with Gasteiger partial charge in [0.25, 0.3) is 5.91 Å². The topological polar surface area (TPSA) is 68.5 Å². The van der Waals surface area contributed by atoms with Crippen molar-refractivity contribution < 1.29 is 9.53 Å². The molecule has 6 nitrogen and oxygen atoms in total. The lowest BCUT2D eigenvalue weighted by Crippen LogP contribution is -2.18. The summed E-state index contributed by atoms with van der Waals surface area (Å²) in [7, 11) is 3.33. The predicted molar refractivity (Wildman–Crippen MR) is 79.0 cm³/mol. The summed E-state index contributed by atoms with van der Waals surface area (Å²) in [4.78, 5) is 11.8. The van der Waals surface area contributed by atoms with E-state index in [-0.39, 0.29) is 11.6 Å². The van der Waals surface area contributed by atoms with Gasteiger partial charge in [0.15, 0.2) is 5.69 Å². The molecule has 0 saturated carbocycles. The van der Waals surface area contributed by atoms with Crippen LogP contribution in [0, 0.1) is 0 Å². The van der Waals surface area contributed by atoms with Crippen molar-refractivity contribution in [2.24, 2.45) is 12.1 Å². The fourth-order valence-corrected chi connectivity index (χ4v) is 2.11. The van der Waals surface area contributed by atoms with E-state index >= 15 is 0 Å². The number of carbonyl (C=O) groups is 1. The standard InChI is InChI=1S/C13H13BrN4O2/c1-18-8-11(14)12(17-18)13(19)16-15-7-9-4-3-5-10(6-9)20-2/h3-8H,1-2H3,(H,16,19)/b15-7+. The summed E-state index contributed by atoms with van der Waals surface area (Å²) in [6.45, 7) is 0. The molecule has 0 aliphatic rings. The minimum absolute atomic E-state index is 0.287. The Balaban J connectivity index is 2.02. The van der Waals surface area contributed by atoms with Gasteiger partial charge in [0.1, 0.15) is 5.75 Å². The number of ether oxygens (including phenoxy) is 1. The number of rotatable bonds is 4. The number of carbonyl (C=O) groups excluding carboxylic acids is 1.